The number of carbonyl (C=O) groups is 1. The second-order valence-electron chi connectivity index (χ2n) is 2.34. The van der Waals surface area contributed by atoms with E-state index in [0.29, 0.717) is 6.42 Å². The summed E-state index contributed by atoms with van der Waals surface area (Å²) >= 11 is 0. The van der Waals surface area contributed by atoms with E-state index in [9.17, 15) is 4.79 Å². The molecular weight excluding hydrogens is 140 g/mol. The molecule has 0 aliphatic carbocycles. The molecule has 2 heteroatoms. The van der Waals surface area contributed by atoms with Crippen molar-refractivity contribution in [2.24, 2.45) is 5.92 Å². The molecule has 0 aliphatic heterocycles. The van der Waals surface area contributed by atoms with Gasteiger partial charge in [-0.05, 0) is 0 Å². The van der Waals surface area contributed by atoms with Gasteiger partial charge >= 0.3 is 5.97 Å². The minimum Gasteiger partial charge on any atom is -0.469 e. The van der Waals surface area contributed by atoms with Crippen LogP contribution in [-0.4, -0.2) is 13.1 Å². The van der Waals surface area contributed by atoms with Crippen LogP contribution in [-0.2, 0) is 9.53 Å². The Bertz CT molecular complexity index is 174. The summed E-state index contributed by atoms with van der Waals surface area (Å²) in [7, 11) is 1.39. The number of hydrogen-bond acceptors (Lipinski definition) is 2. The van der Waals surface area contributed by atoms with Crippen molar-refractivity contribution in [3.05, 3.63) is 0 Å². The van der Waals surface area contributed by atoms with Crippen molar-refractivity contribution in [2.75, 3.05) is 7.11 Å². The van der Waals surface area contributed by atoms with Gasteiger partial charge in [-0.3, -0.25) is 4.79 Å². The molecule has 0 aliphatic rings. The monoisotopic (exact) mass is 154 g/mol. The summed E-state index contributed by atoms with van der Waals surface area (Å²) in [6.45, 7) is 3.80. The highest BCUT2D eigenvalue weighted by atomic mass is 16.5. The van der Waals surface area contributed by atoms with E-state index < -0.39 is 0 Å². The first-order valence-electron chi connectivity index (χ1n) is 3.75. The van der Waals surface area contributed by atoms with E-state index in [0.717, 1.165) is 6.42 Å². The van der Waals surface area contributed by atoms with Crippen LogP contribution in [0.2, 0.25) is 0 Å². The molecule has 0 bridgehead atoms. The van der Waals surface area contributed by atoms with Gasteiger partial charge in [0.2, 0.25) is 0 Å². The zero-order chi connectivity index (χ0) is 8.69. The molecule has 2 nitrogen and oxygen atoms in total. The zero-order valence-electron chi connectivity index (χ0n) is 7.31. The van der Waals surface area contributed by atoms with Crippen molar-refractivity contribution in [3.8, 4) is 11.8 Å². The zero-order valence-corrected chi connectivity index (χ0v) is 7.31. The molecule has 0 radical (unpaired) electrons. The number of methoxy groups -OCH3 is 1. The van der Waals surface area contributed by atoms with Crippen molar-refractivity contribution in [3.63, 3.8) is 0 Å². The predicted molar refractivity (Wildman–Crippen MR) is 43.9 cm³/mol. The highest BCUT2D eigenvalue weighted by molar-refractivity contribution is 5.72. The van der Waals surface area contributed by atoms with Crippen LogP contribution in [0.3, 0.4) is 0 Å². The normalized spacial score (nSPS) is 11.2. The fourth-order valence-corrected chi connectivity index (χ4v) is 0.635. The van der Waals surface area contributed by atoms with E-state index in [-0.39, 0.29) is 11.9 Å². The van der Waals surface area contributed by atoms with E-state index in [1.165, 1.54) is 7.11 Å². The molecule has 0 spiro atoms. The van der Waals surface area contributed by atoms with E-state index in [1.54, 1.807) is 0 Å². The first kappa shape index (κ1) is 10.0. The lowest BCUT2D eigenvalue weighted by molar-refractivity contribution is -0.144. The van der Waals surface area contributed by atoms with Crippen molar-refractivity contribution >= 4 is 5.97 Å². The molecule has 0 aromatic carbocycles. The summed E-state index contributed by atoms with van der Waals surface area (Å²) < 4.78 is 4.54. The summed E-state index contributed by atoms with van der Waals surface area (Å²) in [6.07, 6.45) is 1.44. The van der Waals surface area contributed by atoms with Crippen LogP contribution in [0.1, 0.15) is 26.7 Å². The average molecular weight is 154 g/mol. The summed E-state index contributed by atoms with van der Waals surface area (Å²) in [6, 6.07) is 0. The Kier molecular flexibility index (Phi) is 5.28. The predicted octanol–water partition coefficient (Wildman–Crippen LogP) is 1.60. The maximum absolute atomic E-state index is 10.8. The van der Waals surface area contributed by atoms with Gasteiger partial charge in [-0.2, -0.15) is 0 Å². The number of rotatable bonds is 2. The Labute approximate surface area is 67.9 Å². The number of esters is 1. The summed E-state index contributed by atoms with van der Waals surface area (Å²) in [5.74, 6) is 5.52. The van der Waals surface area contributed by atoms with E-state index >= 15 is 0 Å². The standard InChI is InChI=1S/C9H14O2/c1-4-5-6-7-8(2)9(10)11-3/h8H,4,7H2,1-3H3/t8-/m0/s1. The highest BCUT2D eigenvalue weighted by Crippen LogP contribution is 2.01. The van der Waals surface area contributed by atoms with Gasteiger partial charge in [0.15, 0.2) is 0 Å². The third kappa shape index (κ3) is 4.44. The van der Waals surface area contributed by atoms with Crippen LogP contribution in [0.15, 0.2) is 0 Å². The van der Waals surface area contributed by atoms with Crippen LogP contribution in [0.5, 0.6) is 0 Å². The topological polar surface area (TPSA) is 26.3 Å². The van der Waals surface area contributed by atoms with Crippen molar-refractivity contribution in [1.29, 1.82) is 0 Å². The van der Waals surface area contributed by atoms with Crippen molar-refractivity contribution < 1.29 is 9.53 Å². The van der Waals surface area contributed by atoms with Crippen LogP contribution in [0.25, 0.3) is 0 Å². The van der Waals surface area contributed by atoms with Crippen LogP contribution >= 0.6 is 0 Å². The van der Waals surface area contributed by atoms with Gasteiger partial charge in [0.1, 0.15) is 0 Å². The molecular formula is C9H14O2. The molecule has 1 atom stereocenters. The van der Waals surface area contributed by atoms with E-state index in [2.05, 4.69) is 16.6 Å². The van der Waals surface area contributed by atoms with Crippen LogP contribution in [0.4, 0.5) is 0 Å². The largest absolute Gasteiger partial charge is 0.469 e. The lowest BCUT2D eigenvalue weighted by Gasteiger charge is -2.02. The van der Waals surface area contributed by atoms with Gasteiger partial charge in [0.05, 0.1) is 13.0 Å². The lowest BCUT2D eigenvalue weighted by atomic mass is 10.1. The number of ether oxygens (including phenoxy) is 1. The first-order valence-corrected chi connectivity index (χ1v) is 3.75. The van der Waals surface area contributed by atoms with Crippen LogP contribution < -0.4 is 0 Å². The molecule has 0 fully saturated rings. The lowest BCUT2D eigenvalue weighted by Crippen LogP contribution is -2.11. The Hall–Kier alpha value is -0.970. The molecule has 0 saturated heterocycles. The van der Waals surface area contributed by atoms with Crippen LogP contribution in [0, 0.1) is 17.8 Å². The highest BCUT2D eigenvalue weighted by Gasteiger charge is 2.10. The third-order valence-corrected chi connectivity index (χ3v) is 1.31. The molecule has 0 heterocycles. The quantitative estimate of drug-likeness (QED) is 0.446. The van der Waals surface area contributed by atoms with Gasteiger partial charge in [-0.1, -0.05) is 13.8 Å². The van der Waals surface area contributed by atoms with E-state index in [1.807, 2.05) is 13.8 Å². The molecule has 0 aromatic rings. The summed E-state index contributed by atoms with van der Waals surface area (Å²) in [5.41, 5.74) is 0. The molecule has 0 rings (SSSR count). The first-order chi connectivity index (χ1) is 5.22. The Morgan fingerprint density at radius 3 is 2.64 bits per heavy atom. The van der Waals surface area contributed by atoms with Crippen molar-refractivity contribution in [1.82, 2.24) is 0 Å². The van der Waals surface area contributed by atoms with Gasteiger partial charge in [0, 0.05) is 12.8 Å². The number of carbonyl (C=O) groups excluding carboxylic acids is 1. The summed E-state index contributed by atoms with van der Waals surface area (Å²) in [4.78, 5) is 10.8. The minimum absolute atomic E-state index is 0.0981. The second kappa shape index (κ2) is 5.79. The Balaban J connectivity index is 3.68. The fraction of sp³-hybridized carbons (Fsp3) is 0.667. The molecule has 0 amide bonds. The number of hydrogen-bond donors (Lipinski definition) is 0. The SMILES string of the molecule is CCC#CC[C@H](C)C(=O)OC. The Morgan fingerprint density at radius 2 is 2.18 bits per heavy atom. The molecule has 11 heavy (non-hydrogen) atoms. The van der Waals surface area contributed by atoms with Crippen molar-refractivity contribution in [2.45, 2.75) is 26.7 Å². The molecule has 0 saturated carbocycles. The van der Waals surface area contributed by atoms with Gasteiger partial charge in [-0.25, -0.2) is 0 Å². The molecule has 0 N–H and O–H groups in total. The smallest absolute Gasteiger partial charge is 0.309 e. The Morgan fingerprint density at radius 1 is 1.55 bits per heavy atom. The fourth-order valence-electron chi connectivity index (χ4n) is 0.635. The maximum Gasteiger partial charge on any atom is 0.309 e. The summed E-state index contributed by atoms with van der Waals surface area (Å²) in [5, 5.41) is 0. The molecule has 62 valence electrons. The van der Waals surface area contributed by atoms with Gasteiger partial charge < -0.3 is 4.74 Å². The molecule has 0 unspecified atom stereocenters. The third-order valence-electron chi connectivity index (χ3n) is 1.31. The van der Waals surface area contributed by atoms with E-state index in [4.69, 9.17) is 0 Å². The van der Waals surface area contributed by atoms with Gasteiger partial charge in [-0.15, -0.1) is 11.8 Å². The average Bonchev–Trinajstić information content (AvgIpc) is 2.03. The molecule has 0 aromatic heterocycles. The minimum atomic E-state index is -0.185. The van der Waals surface area contributed by atoms with Gasteiger partial charge in [0.25, 0.3) is 0 Å². The maximum atomic E-state index is 10.8. The second-order valence-corrected chi connectivity index (χ2v) is 2.34.